The number of nitrogens with one attached hydrogen (secondary N) is 1. The summed E-state index contributed by atoms with van der Waals surface area (Å²) in [6.07, 6.45) is 3.29. The molecule has 0 bridgehead atoms. The summed E-state index contributed by atoms with van der Waals surface area (Å²) in [5, 5.41) is 7.98. The van der Waals surface area contributed by atoms with Gasteiger partial charge >= 0.3 is 5.97 Å². The van der Waals surface area contributed by atoms with Gasteiger partial charge in [0, 0.05) is 24.6 Å². The van der Waals surface area contributed by atoms with Crippen molar-refractivity contribution in [2.24, 2.45) is 0 Å². The number of fused-ring (bicyclic) bond motifs is 1. The summed E-state index contributed by atoms with van der Waals surface area (Å²) in [6.45, 7) is 8.57. The molecule has 2 aromatic rings. The maximum absolute atomic E-state index is 12.3. The molecule has 1 atom stereocenters. The molecule has 7 heteroatoms. The Kier molecular flexibility index (Phi) is 5.01. The maximum Gasteiger partial charge on any atom is 0.342 e. The topological polar surface area (TPSA) is 81.9 Å². The average molecular weight is 343 g/mol. The van der Waals surface area contributed by atoms with Crippen LogP contribution in [0, 0.1) is 0 Å². The first-order valence-electron chi connectivity index (χ1n) is 8.80. The number of ether oxygens (including phenoxy) is 1. The molecule has 3 rings (SSSR count). The predicted octanol–water partition coefficient (Wildman–Crippen LogP) is 2.79. The van der Waals surface area contributed by atoms with Crippen LogP contribution >= 0.6 is 0 Å². The van der Waals surface area contributed by atoms with Crippen LogP contribution in [0.5, 0.6) is 0 Å². The molecule has 0 saturated carbocycles. The summed E-state index contributed by atoms with van der Waals surface area (Å²) >= 11 is 0. The zero-order valence-electron chi connectivity index (χ0n) is 15.2. The van der Waals surface area contributed by atoms with Crippen LogP contribution in [-0.4, -0.2) is 37.9 Å². The summed E-state index contributed by atoms with van der Waals surface area (Å²) in [7, 11) is 0. The van der Waals surface area contributed by atoms with Gasteiger partial charge in [0.2, 0.25) is 0 Å². The van der Waals surface area contributed by atoms with Crippen molar-refractivity contribution in [3.05, 3.63) is 35.5 Å². The van der Waals surface area contributed by atoms with E-state index in [-0.39, 0.29) is 18.1 Å². The van der Waals surface area contributed by atoms with E-state index >= 15 is 0 Å². The van der Waals surface area contributed by atoms with Gasteiger partial charge in [0.15, 0.2) is 5.82 Å². The minimum atomic E-state index is -0.357. The number of nitrogens with zero attached hydrogens (tertiary/aromatic N) is 4. The Hall–Kier alpha value is -2.44. The van der Waals surface area contributed by atoms with Gasteiger partial charge in [-0.25, -0.2) is 19.4 Å². The monoisotopic (exact) mass is 343 g/mol. The number of anilines is 1. The fourth-order valence-electron chi connectivity index (χ4n) is 2.85. The zero-order valence-corrected chi connectivity index (χ0v) is 15.2. The number of carbonyl (C=O) groups is 1. The van der Waals surface area contributed by atoms with E-state index in [1.54, 1.807) is 18.3 Å². The minimum Gasteiger partial charge on any atom is -0.459 e. The molecule has 0 aliphatic carbocycles. The van der Waals surface area contributed by atoms with Gasteiger partial charge in [0.05, 0.1) is 12.6 Å². The van der Waals surface area contributed by atoms with Gasteiger partial charge in [-0.15, -0.1) is 0 Å². The molecule has 1 aliphatic rings. The smallest absolute Gasteiger partial charge is 0.342 e. The molecule has 134 valence electrons. The predicted molar refractivity (Wildman–Crippen MR) is 94.6 cm³/mol. The van der Waals surface area contributed by atoms with E-state index in [0.29, 0.717) is 23.8 Å². The van der Waals surface area contributed by atoms with E-state index in [4.69, 9.17) is 4.74 Å². The van der Waals surface area contributed by atoms with Crippen LogP contribution < -0.4 is 5.32 Å². The van der Waals surface area contributed by atoms with Crippen molar-refractivity contribution in [2.45, 2.75) is 65.1 Å². The Bertz CT molecular complexity index is 754. The van der Waals surface area contributed by atoms with Gasteiger partial charge < -0.3 is 10.1 Å². The van der Waals surface area contributed by atoms with Gasteiger partial charge in [-0.05, 0) is 32.4 Å². The first kappa shape index (κ1) is 17.4. The molecule has 0 aromatic carbocycles. The molecule has 0 radical (unpaired) electrons. The normalized spacial score (nSPS) is 16.8. The number of aromatic nitrogens is 4. The second-order valence-corrected chi connectivity index (χ2v) is 6.96. The number of aryl methyl sites for hydroxylation is 1. The van der Waals surface area contributed by atoms with Gasteiger partial charge in [0.1, 0.15) is 17.2 Å². The minimum absolute atomic E-state index is 0.148. The summed E-state index contributed by atoms with van der Waals surface area (Å²) in [6, 6.07) is 3.63. The van der Waals surface area contributed by atoms with Crippen molar-refractivity contribution >= 4 is 11.8 Å². The van der Waals surface area contributed by atoms with Crippen LogP contribution in [0.4, 0.5) is 5.82 Å². The molecule has 0 fully saturated rings. The lowest BCUT2D eigenvalue weighted by atomic mass is 10.1. The van der Waals surface area contributed by atoms with Gasteiger partial charge in [-0.1, -0.05) is 13.8 Å². The van der Waals surface area contributed by atoms with Crippen LogP contribution in [0.1, 0.15) is 62.0 Å². The standard InChI is InChI=1S/C18H25N5O2/c1-11(2)16-21-15-8-7-13(10-23(15)22-16)20-17-14(6-5-9-19-17)18(24)25-12(3)4/h5-6,9,11-13H,7-8,10H2,1-4H3,(H,19,20). The largest absolute Gasteiger partial charge is 0.459 e. The Balaban J connectivity index is 1.74. The lowest BCUT2D eigenvalue weighted by Crippen LogP contribution is -2.33. The third kappa shape index (κ3) is 3.97. The Labute approximate surface area is 147 Å². The molecule has 1 N–H and O–H groups in total. The van der Waals surface area contributed by atoms with E-state index < -0.39 is 0 Å². The summed E-state index contributed by atoms with van der Waals surface area (Å²) in [5.74, 6) is 2.44. The van der Waals surface area contributed by atoms with Crippen LogP contribution in [0.2, 0.25) is 0 Å². The van der Waals surface area contributed by atoms with E-state index in [2.05, 4.69) is 34.2 Å². The van der Waals surface area contributed by atoms with Gasteiger partial charge in [-0.2, -0.15) is 5.10 Å². The molecule has 0 saturated heterocycles. The Morgan fingerprint density at radius 1 is 1.36 bits per heavy atom. The van der Waals surface area contributed by atoms with Crippen molar-refractivity contribution < 1.29 is 9.53 Å². The van der Waals surface area contributed by atoms with Crippen molar-refractivity contribution in [2.75, 3.05) is 5.32 Å². The fourth-order valence-corrected chi connectivity index (χ4v) is 2.85. The quantitative estimate of drug-likeness (QED) is 0.841. The van der Waals surface area contributed by atoms with Crippen molar-refractivity contribution in [1.82, 2.24) is 19.7 Å². The molecule has 25 heavy (non-hydrogen) atoms. The highest BCUT2D eigenvalue weighted by atomic mass is 16.5. The number of hydrogen-bond acceptors (Lipinski definition) is 6. The molecule has 0 amide bonds. The third-order valence-electron chi connectivity index (χ3n) is 4.10. The van der Waals surface area contributed by atoms with E-state index in [1.807, 2.05) is 18.5 Å². The molecule has 2 aromatic heterocycles. The van der Waals surface area contributed by atoms with Crippen LogP contribution in [-0.2, 0) is 17.7 Å². The van der Waals surface area contributed by atoms with E-state index in [1.165, 1.54) is 0 Å². The molecule has 1 aliphatic heterocycles. The number of carbonyl (C=O) groups excluding carboxylic acids is 1. The SMILES string of the molecule is CC(C)OC(=O)c1cccnc1NC1CCc2nc(C(C)C)nn2C1. The summed E-state index contributed by atoms with van der Waals surface area (Å²) in [4.78, 5) is 21.2. The van der Waals surface area contributed by atoms with E-state index in [9.17, 15) is 4.79 Å². The highest BCUT2D eigenvalue weighted by Crippen LogP contribution is 2.21. The van der Waals surface area contributed by atoms with Crippen molar-refractivity contribution in [3.8, 4) is 0 Å². The maximum atomic E-state index is 12.3. The zero-order chi connectivity index (χ0) is 18.0. The van der Waals surface area contributed by atoms with Crippen molar-refractivity contribution in [1.29, 1.82) is 0 Å². The lowest BCUT2D eigenvalue weighted by Gasteiger charge is -2.24. The number of esters is 1. The molecule has 7 nitrogen and oxygen atoms in total. The first-order valence-corrected chi connectivity index (χ1v) is 8.80. The second kappa shape index (κ2) is 7.21. The highest BCUT2D eigenvalue weighted by molar-refractivity contribution is 5.94. The number of pyridine rings is 1. The van der Waals surface area contributed by atoms with Crippen LogP contribution in [0.15, 0.2) is 18.3 Å². The molecule has 1 unspecified atom stereocenters. The fraction of sp³-hybridized carbons (Fsp3) is 0.556. The van der Waals surface area contributed by atoms with Gasteiger partial charge in [-0.3, -0.25) is 0 Å². The Morgan fingerprint density at radius 2 is 2.16 bits per heavy atom. The Morgan fingerprint density at radius 3 is 2.88 bits per heavy atom. The second-order valence-electron chi connectivity index (χ2n) is 6.96. The molecular weight excluding hydrogens is 318 g/mol. The third-order valence-corrected chi connectivity index (χ3v) is 4.10. The number of rotatable bonds is 5. The van der Waals surface area contributed by atoms with Crippen LogP contribution in [0.3, 0.4) is 0 Å². The van der Waals surface area contributed by atoms with Crippen LogP contribution in [0.25, 0.3) is 0 Å². The molecular formula is C18H25N5O2. The average Bonchev–Trinajstić information content (AvgIpc) is 2.98. The van der Waals surface area contributed by atoms with Gasteiger partial charge in [0.25, 0.3) is 0 Å². The molecule has 3 heterocycles. The summed E-state index contributed by atoms with van der Waals surface area (Å²) in [5.41, 5.74) is 0.462. The molecule has 0 spiro atoms. The van der Waals surface area contributed by atoms with Crippen molar-refractivity contribution in [3.63, 3.8) is 0 Å². The first-order chi connectivity index (χ1) is 11.9. The highest BCUT2D eigenvalue weighted by Gasteiger charge is 2.24. The van der Waals surface area contributed by atoms with E-state index in [0.717, 1.165) is 24.5 Å². The lowest BCUT2D eigenvalue weighted by molar-refractivity contribution is 0.0378. The summed E-state index contributed by atoms with van der Waals surface area (Å²) < 4.78 is 7.27. The number of hydrogen-bond donors (Lipinski definition) is 1.